The molecule has 0 fully saturated rings. The molecule has 1 aromatic carbocycles. The van der Waals surface area contributed by atoms with E-state index < -0.39 is 19.1 Å². The molecule has 0 saturated carbocycles. The second kappa shape index (κ2) is 5.97. The van der Waals surface area contributed by atoms with Crippen molar-refractivity contribution in [2.24, 2.45) is 0 Å². The number of aliphatic hydroxyl groups excluding tert-OH is 1. The largest absolute Gasteiger partial charge is 0.486 e. The van der Waals surface area contributed by atoms with Crippen molar-refractivity contribution in [1.29, 1.82) is 0 Å². The van der Waals surface area contributed by atoms with Crippen LogP contribution in [0.3, 0.4) is 0 Å². The van der Waals surface area contributed by atoms with E-state index in [0.29, 0.717) is 30.3 Å². The molecule has 0 bridgehead atoms. The molecule has 1 unspecified atom stereocenters. The van der Waals surface area contributed by atoms with Crippen LogP contribution in [0.5, 0.6) is 11.5 Å². The van der Waals surface area contributed by atoms with Gasteiger partial charge in [0.2, 0.25) is 0 Å². The summed E-state index contributed by atoms with van der Waals surface area (Å²) in [5, 5.41) is 12.3. The normalized spacial score (nSPS) is 15.8. The first-order valence-electron chi connectivity index (χ1n) is 5.73. The molecule has 6 heteroatoms. The molecule has 100 valence electrons. The van der Waals surface area contributed by atoms with Gasteiger partial charge in [0.25, 0.3) is 6.43 Å². The van der Waals surface area contributed by atoms with Crippen molar-refractivity contribution in [2.75, 3.05) is 26.3 Å². The molecule has 2 N–H and O–H groups in total. The van der Waals surface area contributed by atoms with E-state index in [1.807, 2.05) is 0 Å². The topological polar surface area (TPSA) is 50.7 Å². The lowest BCUT2D eigenvalue weighted by atomic mass is 10.1. The zero-order valence-electron chi connectivity index (χ0n) is 9.73. The molecule has 1 atom stereocenters. The maximum absolute atomic E-state index is 11.9. The van der Waals surface area contributed by atoms with Gasteiger partial charge in [-0.1, -0.05) is 6.07 Å². The van der Waals surface area contributed by atoms with Gasteiger partial charge in [-0.05, 0) is 17.7 Å². The van der Waals surface area contributed by atoms with Crippen molar-refractivity contribution in [3.63, 3.8) is 0 Å². The van der Waals surface area contributed by atoms with Crippen molar-refractivity contribution in [3.8, 4) is 11.5 Å². The predicted molar refractivity (Wildman–Crippen MR) is 61.3 cm³/mol. The molecule has 4 nitrogen and oxygen atoms in total. The molecule has 0 aromatic heterocycles. The SMILES string of the molecule is OC(CNCC(F)F)c1ccc2c(c1)OCCO2. The van der Waals surface area contributed by atoms with Crippen molar-refractivity contribution in [1.82, 2.24) is 5.32 Å². The average Bonchev–Trinajstić information content (AvgIpc) is 2.37. The van der Waals surface area contributed by atoms with Gasteiger partial charge in [-0.25, -0.2) is 8.78 Å². The molecule has 1 heterocycles. The third kappa shape index (κ3) is 3.30. The fourth-order valence-corrected chi connectivity index (χ4v) is 1.71. The Morgan fingerprint density at radius 1 is 1.17 bits per heavy atom. The minimum Gasteiger partial charge on any atom is -0.486 e. The van der Waals surface area contributed by atoms with Gasteiger partial charge in [-0.3, -0.25) is 0 Å². The molecule has 1 aliphatic rings. The van der Waals surface area contributed by atoms with Crippen molar-refractivity contribution >= 4 is 0 Å². The number of hydrogen-bond acceptors (Lipinski definition) is 4. The summed E-state index contributed by atoms with van der Waals surface area (Å²) in [6.07, 6.45) is -3.27. The molecule has 0 radical (unpaired) electrons. The van der Waals surface area contributed by atoms with Gasteiger partial charge in [0.15, 0.2) is 11.5 Å². The van der Waals surface area contributed by atoms with Crippen LogP contribution in [0.1, 0.15) is 11.7 Å². The Balaban J connectivity index is 1.95. The first kappa shape index (κ1) is 13.0. The molecule has 1 aliphatic heterocycles. The molecule has 0 spiro atoms. The Morgan fingerprint density at radius 2 is 1.89 bits per heavy atom. The zero-order chi connectivity index (χ0) is 13.0. The number of rotatable bonds is 5. The summed E-state index contributed by atoms with van der Waals surface area (Å²) in [4.78, 5) is 0. The van der Waals surface area contributed by atoms with Crippen LogP contribution in [0.25, 0.3) is 0 Å². The maximum Gasteiger partial charge on any atom is 0.250 e. The Morgan fingerprint density at radius 3 is 2.61 bits per heavy atom. The Hall–Kier alpha value is -1.40. The number of fused-ring (bicyclic) bond motifs is 1. The second-order valence-electron chi connectivity index (χ2n) is 3.97. The third-order valence-electron chi connectivity index (χ3n) is 2.59. The number of alkyl halides is 2. The zero-order valence-corrected chi connectivity index (χ0v) is 9.73. The minimum absolute atomic E-state index is 0.0734. The maximum atomic E-state index is 11.9. The van der Waals surface area contributed by atoms with Crippen LogP contribution in [0, 0.1) is 0 Å². The quantitative estimate of drug-likeness (QED) is 0.838. The minimum atomic E-state index is -2.42. The van der Waals surface area contributed by atoms with E-state index >= 15 is 0 Å². The van der Waals surface area contributed by atoms with Crippen molar-refractivity contribution < 1.29 is 23.4 Å². The third-order valence-corrected chi connectivity index (χ3v) is 2.59. The summed E-state index contributed by atoms with van der Waals surface area (Å²) in [6.45, 7) is 0.618. The fourth-order valence-electron chi connectivity index (χ4n) is 1.71. The first-order valence-corrected chi connectivity index (χ1v) is 5.73. The number of ether oxygens (including phenoxy) is 2. The Bertz CT molecular complexity index is 401. The summed E-state index contributed by atoms with van der Waals surface area (Å²) in [5.74, 6) is 1.21. The van der Waals surface area contributed by atoms with Gasteiger partial charge in [-0.15, -0.1) is 0 Å². The lowest BCUT2D eigenvalue weighted by Gasteiger charge is -2.20. The van der Waals surface area contributed by atoms with Gasteiger partial charge in [0, 0.05) is 6.54 Å². The molecule has 18 heavy (non-hydrogen) atoms. The van der Waals surface area contributed by atoms with Gasteiger partial charge < -0.3 is 19.9 Å². The van der Waals surface area contributed by atoms with Crippen molar-refractivity contribution in [2.45, 2.75) is 12.5 Å². The molecule has 2 rings (SSSR count). The summed E-state index contributed by atoms with van der Waals surface area (Å²) in [5.41, 5.74) is 0.612. The van der Waals surface area contributed by atoms with Crippen LogP contribution in [0.15, 0.2) is 18.2 Å². The van der Waals surface area contributed by atoms with E-state index in [1.54, 1.807) is 18.2 Å². The van der Waals surface area contributed by atoms with E-state index in [4.69, 9.17) is 9.47 Å². The molecule has 1 aromatic rings. The van der Waals surface area contributed by atoms with Gasteiger partial charge in [-0.2, -0.15) is 0 Å². The average molecular weight is 259 g/mol. The highest BCUT2D eigenvalue weighted by molar-refractivity contribution is 5.44. The summed E-state index contributed by atoms with van der Waals surface area (Å²) in [7, 11) is 0. The number of hydrogen-bond donors (Lipinski definition) is 2. The van der Waals surface area contributed by atoms with E-state index in [2.05, 4.69) is 5.32 Å². The Kier molecular flexibility index (Phi) is 4.33. The van der Waals surface area contributed by atoms with Crippen LogP contribution in [0.4, 0.5) is 8.78 Å². The lowest BCUT2D eigenvalue weighted by molar-refractivity contribution is 0.128. The molecule has 0 amide bonds. The number of benzene rings is 1. The van der Waals surface area contributed by atoms with Gasteiger partial charge in [0.05, 0.1) is 12.6 Å². The summed E-state index contributed by atoms with van der Waals surface area (Å²) < 4.78 is 34.6. The smallest absolute Gasteiger partial charge is 0.250 e. The van der Waals surface area contributed by atoms with E-state index in [-0.39, 0.29) is 6.54 Å². The van der Waals surface area contributed by atoms with Gasteiger partial charge >= 0.3 is 0 Å². The summed E-state index contributed by atoms with van der Waals surface area (Å²) >= 11 is 0. The van der Waals surface area contributed by atoms with Crippen LogP contribution in [-0.4, -0.2) is 37.8 Å². The lowest BCUT2D eigenvalue weighted by Crippen LogP contribution is -2.26. The monoisotopic (exact) mass is 259 g/mol. The van der Waals surface area contributed by atoms with E-state index in [9.17, 15) is 13.9 Å². The van der Waals surface area contributed by atoms with Gasteiger partial charge in [0.1, 0.15) is 13.2 Å². The Labute approximate surface area is 104 Å². The standard InChI is InChI=1S/C12H15F2NO3/c13-12(14)7-15-6-9(16)8-1-2-10-11(5-8)18-4-3-17-10/h1-2,5,9,12,15-16H,3-4,6-7H2. The first-order chi connectivity index (χ1) is 8.66. The van der Waals surface area contributed by atoms with Crippen LogP contribution >= 0.6 is 0 Å². The van der Waals surface area contributed by atoms with Crippen LogP contribution in [-0.2, 0) is 0 Å². The highest BCUT2D eigenvalue weighted by Gasteiger charge is 2.15. The fraction of sp³-hybridized carbons (Fsp3) is 0.500. The van der Waals surface area contributed by atoms with E-state index in [1.165, 1.54) is 0 Å². The molecular weight excluding hydrogens is 244 g/mol. The molecular formula is C12H15F2NO3. The van der Waals surface area contributed by atoms with Crippen molar-refractivity contribution in [3.05, 3.63) is 23.8 Å². The number of halogens is 2. The molecule has 0 saturated heterocycles. The van der Waals surface area contributed by atoms with Crippen LogP contribution in [0.2, 0.25) is 0 Å². The highest BCUT2D eigenvalue weighted by Crippen LogP contribution is 2.32. The number of nitrogens with one attached hydrogen (secondary N) is 1. The highest BCUT2D eigenvalue weighted by atomic mass is 19.3. The molecule has 0 aliphatic carbocycles. The van der Waals surface area contributed by atoms with E-state index in [0.717, 1.165) is 0 Å². The number of aliphatic hydroxyl groups is 1. The predicted octanol–water partition coefficient (Wildman–Crippen LogP) is 1.35. The van der Waals surface area contributed by atoms with Crippen LogP contribution < -0.4 is 14.8 Å². The second-order valence-corrected chi connectivity index (χ2v) is 3.97. The summed E-state index contributed by atoms with van der Waals surface area (Å²) in [6, 6.07) is 5.08.